The predicted molar refractivity (Wildman–Crippen MR) is 83.6 cm³/mol. The first-order valence-corrected chi connectivity index (χ1v) is 7.99. The molecular formula is C17H18F2N4O. The van der Waals surface area contributed by atoms with Crippen LogP contribution < -0.4 is 5.32 Å². The van der Waals surface area contributed by atoms with Gasteiger partial charge < -0.3 is 5.32 Å². The standard InChI is InChI=1S/C17H18F2N4O/c1-10-12-4-2-3-5-14(12)23-15(22-10)6-7-20-17(24)16-13(19)8-11(18)9-21-16/h8-9H,2-7H2,1H3,(H,20,24). The first-order valence-electron chi connectivity index (χ1n) is 7.99. The van der Waals surface area contributed by atoms with E-state index in [0.29, 0.717) is 18.3 Å². The number of hydrogen-bond donors (Lipinski definition) is 1. The maximum Gasteiger partial charge on any atom is 0.272 e. The van der Waals surface area contributed by atoms with Gasteiger partial charge in [0.05, 0.1) is 6.20 Å². The molecule has 2 aromatic heterocycles. The smallest absolute Gasteiger partial charge is 0.272 e. The van der Waals surface area contributed by atoms with Crippen molar-refractivity contribution in [2.24, 2.45) is 0 Å². The van der Waals surface area contributed by atoms with Crippen LogP contribution in [0.4, 0.5) is 8.78 Å². The number of amides is 1. The molecule has 0 radical (unpaired) electrons. The summed E-state index contributed by atoms with van der Waals surface area (Å²) < 4.78 is 26.3. The van der Waals surface area contributed by atoms with Crippen LogP contribution >= 0.6 is 0 Å². The summed E-state index contributed by atoms with van der Waals surface area (Å²) in [4.78, 5) is 24.4. The minimum Gasteiger partial charge on any atom is -0.350 e. The summed E-state index contributed by atoms with van der Waals surface area (Å²) in [5, 5.41) is 2.56. The fraction of sp³-hybridized carbons (Fsp3) is 0.412. The van der Waals surface area contributed by atoms with Gasteiger partial charge in [0.25, 0.3) is 5.91 Å². The van der Waals surface area contributed by atoms with Gasteiger partial charge >= 0.3 is 0 Å². The van der Waals surface area contributed by atoms with Gasteiger partial charge in [0.2, 0.25) is 0 Å². The van der Waals surface area contributed by atoms with Crippen molar-refractivity contribution in [3.8, 4) is 0 Å². The first kappa shape index (κ1) is 16.4. The molecule has 5 nitrogen and oxygen atoms in total. The molecule has 2 heterocycles. The molecule has 1 N–H and O–H groups in total. The molecule has 0 bridgehead atoms. The molecule has 0 aromatic carbocycles. The number of aryl methyl sites for hydroxylation is 2. The number of pyridine rings is 1. The van der Waals surface area contributed by atoms with Gasteiger partial charge in [0, 0.05) is 30.4 Å². The lowest BCUT2D eigenvalue weighted by molar-refractivity contribution is 0.0944. The Morgan fingerprint density at radius 3 is 2.83 bits per heavy atom. The van der Waals surface area contributed by atoms with E-state index in [9.17, 15) is 13.6 Å². The molecule has 0 spiro atoms. The number of carbonyl (C=O) groups is 1. The van der Waals surface area contributed by atoms with Crippen molar-refractivity contribution in [1.82, 2.24) is 20.3 Å². The molecule has 7 heteroatoms. The minimum absolute atomic E-state index is 0.259. The summed E-state index contributed by atoms with van der Waals surface area (Å²) in [6.45, 7) is 2.24. The molecule has 0 saturated heterocycles. The quantitative estimate of drug-likeness (QED) is 0.933. The van der Waals surface area contributed by atoms with Crippen molar-refractivity contribution in [3.05, 3.63) is 52.4 Å². The van der Waals surface area contributed by atoms with Gasteiger partial charge in [-0.1, -0.05) is 0 Å². The summed E-state index contributed by atoms with van der Waals surface area (Å²) in [6, 6.07) is 0.637. The van der Waals surface area contributed by atoms with Crippen molar-refractivity contribution in [2.75, 3.05) is 6.54 Å². The Balaban J connectivity index is 1.62. The van der Waals surface area contributed by atoms with E-state index in [-0.39, 0.29) is 6.54 Å². The van der Waals surface area contributed by atoms with Crippen LogP contribution in [0.5, 0.6) is 0 Å². The highest BCUT2D eigenvalue weighted by Gasteiger charge is 2.16. The zero-order valence-electron chi connectivity index (χ0n) is 13.4. The fourth-order valence-electron chi connectivity index (χ4n) is 2.91. The maximum atomic E-state index is 13.5. The molecule has 3 rings (SSSR count). The van der Waals surface area contributed by atoms with Gasteiger partial charge in [-0.3, -0.25) is 4.79 Å². The Bertz CT molecular complexity index is 779. The van der Waals surface area contributed by atoms with E-state index in [1.165, 1.54) is 12.0 Å². The number of hydrogen-bond acceptors (Lipinski definition) is 4. The average Bonchev–Trinajstić information content (AvgIpc) is 2.55. The van der Waals surface area contributed by atoms with Crippen molar-refractivity contribution in [3.63, 3.8) is 0 Å². The van der Waals surface area contributed by atoms with E-state index >= 15 is 0 Å². The molecule has 1 aliphatic carbocycles. The van der Waals surface area contributed by atoms with Gasteiger partial charge in [-0.2, -0.15) is 0 Å². The Kier molecular flexibility index (Phi) is 4.78. The summed E-state index contributed by atoms with van der Waals surface area (Å²) in [6.07, 6.45) is 5.55. The number of nitrogens with zero attached hydrogens (tertiary/aromatic N) is 3. The summed E-state index contributed by atoms with van der Waals surface area (Å²) in [5.74, 6) is -1.81. The normalized spacial score (nSPS) is 13.5. The molecule has 2 aromatic rings. The monoisotopic (exact) mass is 332 g/mol. The van der Waals surface area contributed by atoms with Crippen LogP contribution in [0.1, 0.15) is 46.1 Å². The molecule has 0 atom stereocenters. The van der Waals surface area contributed by atoms with Crippen LogP contribution in [0, 0.1) is 18.6 Å². The van der Waals surface area contributed by atoms with Crippen molar-refractivity contribution >= 4 is 5.91 Å². The Hall–Kier alpha value is -2.44. The van der Waals surface area contributed by atoms with Crippen LogP contribution in [-0.4, -0.2) is 27.4 Å². The first-order chi connectivity index (χ1) is 11.5. The Morgan fingerprint density at radius 2 is 2.04 bits per heavy atom. The van der Waals surface area contributed by atoms with Crippen LogP contribution in [-0.2, 0) is 19.3 Å². The van der Waals surface area contributed by atoms with Crippen molar-refractivity contribution in [2.45, 2.75) is 39.0 Å². The number of aromatic nitrogens is 3. The highest BCUT2D eigenvalue weighted by molar-refractivity contribution is 5.92. The lowest BCUT2D eigenvalue weighted by Gasteiger charge is -2.17. The van der Waals surface area contributed by atoms with Crippen molar-refractivity contribution < 1.29 is 13.6 Å². The van der Waals surface area contributed by atoms with E-state index in [1.54, 1.807) is 0 Å². The highest BCUT2D eigenvalue weighted by atomic mass is 19.1. The van der Waals surface area contributed by atoms with Gasteiger partial charge in [-0.25, -0.2) is 23.7 Å². The number of carbonyl (C=O) groups excluding carboxylic acids is 1. The third kappa shape index (κ3) is 3.55. The summed E-state index contributed by atoms with van der Waals surface area (Å²) >= 11 is 0. The molecule has 126 valence electrons. The lowest BCUT2D eigenvalue weighted by Crippen LogP contribution is -2.28. The zero-order chi connectivity index (χ0) is 17.1. The van der Waals surface area contributed by atoms with Gasteiger partial charge in [-0.15, -0.1) is 0 Å². The van der Waals surface area contributed by atoms with E-state index in [2.05, 4.69) is 20.3 Å². The summed E-state index contributed by atoms with van der Waals surface area (Å²) in [5.41, 5.74) is 2.92. The second-order valence-electron chi connectivity index (χ2n) is 5.85. The topological polar surface area (TPSA) is 67.8 Å². The van der Waals surface area contributed by atoms with Gasteiger partial charge in [0.15, 0.2) is 11.5 Å². The number of halogens is 2. The molecule has 0 saturated carbocycles. The van der Waals surface area contributed by atoms with Crippen LogP contribution in [0.3, 0.4) is 0 Å². The number of fused-ring (bicyclic) bond motifs is 1. The van der Waals surface area contributed by atoms with E-state index < -0.39 is 23.2 Å². The number of rotatable bonds is 4. The summed E-state index contributed by atoms with van der Waals surface area (Å²) in [7, 11) is 0. The molecule has 1 amide bonds. The third-order valence-electron chi connectivity index (χ3n) is 4.09. The molecule has 0 unspecified atom stereocenters. The second-order valence-corrected chi connectivity index (χ2v) is 5.85. The fourth-order valence-corrected chi connectivity index (χ4v) is 2.91. The van der Waals surface area contributed by atoms with E-state index in [0.717, 1.165) is 36.8 Å². The zero-order valence-corrected chi connectivity index (χ0v) is 13.4. The van der Waals surface area contributed by atoms with E-state index in [4.69, 9.17) is 0 Å². The lowest BCUT2D eigenvalue weighted by atomic mass is 9.95. The molecule has 1 aliphatic rings. The van der Waals surface area contributed by atoms with Crippen molar-refractivity contribution in [1.29, 1.82) is 0 Å². The molecular weight excluding hydrogens is 314 g/mol. The Morgan fingerprint density at radius 1 is 1.25 bits per heavy atom. The number of nitrogens with one attached hydrogen (secondary N) is 1. The van der Waals surface area contributed by atoms with Crippen LogP contribution in [0.25, 0.3) is 0 Å². The SMILES string of the molecule is Cc1nc(CCNC(=O)c2ncc(F)cc2F)nc2c1CCCC2. The Labute approximate surface area is 138 Å². The van der Waals surface area contributed by atoms with Gasteiger partial charge in [0.1, 0.15) is 11.6 Å². The second kappa shape index (κ2) is 6.98. The maximum absolute atomic E-state index is 13.5. The highest BCUT2D eigenvalue weighted by Crippen LogP contribution is 2.21. The van der Waals surface area contributed by atoms with Crippen LogP contribution in [0.2, 0.25) is 0 Å². The van der Waals surface area contributed by atoms with Gasteiger partial charge in [-0.05, 0) is 38.2 Å². The molecule has 24 heavy (non-hydrogen) atoms. The minimum atomic E-state index is -0.978. The predicted octanol–water partition coefficient (Wildman–Crippen LogP) is 2.31. The van der Waals surface area contributed by atoms with E-state index in [1.807, 2.05) is 6.92 Å². The van der Waals surface area contributed by atoms with Crippen LogP contribution in [0.15, 0.2) is 12.3 Å². The largest absolute Gasteiger partial charge is 0.350 e. The molecule has 0 fully saturated rings. The third-order valence-corrected chi connectivity index (χ3v) is 4.09. The average molecular weight is 332 g/mol. The molecule has 0 aliphatic heterocycles.